The lowest BCUT2D eigenvalue weighted by molar-refractivity contribution is -0.152. The number of benzene rings is 1. The number of carbonyl (C=O) groups is 2. The molecular weight excluding hydrogens is 361 g/mol. The van der Waals surface area contributed by atoms with Crippen LogP contribution in [-0.2, 0) is 19.1 Å². The molecule has 1 aromatic carbocycles. The van der Waals surface area contributed by atoms with Crippen LogP contribution in [0.4, 0.5) is 10.1 Å². The number of amides is 1. The summed E-state index contributed by atoms with van der Waals surface area (Å²) >= 11 is 5.73. The maximum Gasteiger partial charge on any atom is 0.312 e. The van der Waals surface area contributed by atoms with Crippen molar-refractivity contribution in [1.29, 1.82) is 0 Å². The Bertz CT molecular complexity index is 798. The van der Waals surface area contributed by atoms with Crippen LogP contribution in [0.1, 0.15) is 19.8 Å². The molecule has 0 N–H and O–H groups in total. The SMILES string of the molecule is CCCCOC(=O)[C@H]1[C@@H]2C=C[C@]3(CN(c4ccc(Cl)c(F)c4)C(=O)[C@H]13)O2. The first-order chi connectivity index (χ1) is 12.5. The van der Waals surface area contributed by atoms with E-state index in [0.29, 0.717) is 12.3 Å². The minimum atomic E-state index is -0.855. The molecule has 3 aliphatic heterocycles. The average molecular weight is 380 g/mol. The van der Waals surface area contributed by atoms with Crippen molar-refractivity contribution < 1.29 is 23.5 Å². The topological polar surface area (TPSA) is 55.8 Å². The second-order valence-corrected chi connectivity index (χ2v) is 7.35. The number of ether oxygens (including phenoxy) is 2. The van der Waals surface area contributed by atoms with E-state index in [1.54, 1.807) is 6.07 Å². The monoisotopic (exact) mass is 379 g/mol. The van der Waals surface area contributed by atoms with Gasteiger partial charge in [0.25, 0.3) is 0 Å². The van der Waals surface area contributed by atoms with Crippen LogP contribution in [-0.4, -0.2) is 36.7 Å². The van der Waals surface area contributed by atoms with E-state index in [1.165, 1.54) is 17.0 Å². The number of fused-ring (bicyclic) bond motifs is 1. The van der Waals surface area contributed by atoms with Crippen LogP contribution in [0.5, 0.6) is 0 Å². The van der Waals surface area contributed by atoms with Gasteiger partial charge >= 0.3 is 5.97 Å². The van der Waals surface area contributed by atoms with Crippen LogP contribution < -0.4 is 4.90 Å². The molecule has 1 amide bonds. The van der Waals surface area contributed by atoms with Gasteiger partial charge in [-0.15, -0.1) is 0 Å². The highest BCUT2D eigenvalue weighted by Gasteiger charge is 2.67. The van der Waals surface area contributed by atoms with E-state index in [-0.39, 0.29) is 17.5 Å². The molecule has 4 rings (SSSR count). The molecule has 7 heteroatoms. The van der Waals surface area contributed by atoms with Crippen molar-refractivity contribution in [3.05, 3.63) is 41.2 Å². The predicted molar refractivity (Wildman–Crippen MR) is 93.4 cm³/mol. The van der Waals surface area contributed by atoms with Crippen LogP contribution in [0.2, 0.25) is 5.02 Å². The maximum atomic E-state index is 13.8. The molecule has 0 aliphatic carbocycles. The van der Waals surface area contributed by atoms with Gasteiger partial charge in [-0.2, -0.15) is 0 Å². The predicted octanol–water partition coefficient (Wildman–Crippen LogP) is 3.11. The smallest absolute Gasteiger partial charge is 0.312 e. The van der Waals surface area contributed by atoms with Crippen molar-refractivity contribution in [2.24, 2.45) is 11.8 Å². The first-order valence-corrected chi connectivity index (χ1v) is 9.15. The molecule has 3 heterocycles. The quantitative estimate of drug-likeness (QED) is 0.448. The summed E-state index contributed by atoms with van der Waals surface area (Å²) in [5, 5.41) is -0.00629. The number of halogens is 2. The lowest BCUT2D eigenvalue weighted by Crippen LogP contribution is -2.40. The number of esters is 1. The second kappa shape index (κ2) is 6.35. The fourth-order valence-electron chi connectivity index (χ4n) is 4.05. The fraction of sp³-hybridized carbons (Fsp3) is 0.474. The summed E-state index contributed by atoms with van der Waals surface area (Å²) < 4.78 is 25.2. The number of hydrogen-bond acceptors (Lipinski definition) is 4. The largest absolute Gasteiger partial charge is 0.465 e. The van der Waals surface area contributed by atoms with Crippen molar-refractivity contribution in [2.45, 2.75) is 31.5 Å². The van der Waals surface area contributed by atoms with Gasteiger partial charge in [-0.05, 0) is 24.6 Å². The van der Waals surface area contributed by atoms with Gasteiger partial charge in [-0.1, -0.05) is 37.1 Å². The lowest BCUT2D eigenvalue weighted by atomic mass is 9.77. The van der Waals surface area contributed by atoms with Gasteiger partial charge in [-0.25, -0.2) is 4.39 Å². The Hall–Kier alpha value is -1.92. The molecule has 4 atom stereocenters. The minimum absolute atomic E-state index is 0.00629. The molecule has 3 aliphatic rings. The Morgan fingerprint density at radius 1 is 1.50 bits per heavy atom. The van der Waals surface area contributed by atoms with Crippen LogP contribution in [0.3, 0.4) is 0 Å². The molecule has 0 radical (unpaired) electrons. The molecule has 2 saturated heterocycles. The summed E-state index contributed by atoms with van der Waals surface area (Å²) in [7, 11) is 0. The Morgan fingerprint density at radius 3 is 3.04 bits per heavy atom. The standard InChI is InChI=1S/C19H19ClFNO4/c1-2-3-8-25-18(24)15-14-6-7-19(26-14)10-22(17(23)16(15)19)11-4-5-12(20)13(21)9-11/h4-7,9,14-16H,2-3,8,10H2,1H3/t14-,15-,16-,19+/m0/s1. The molecule has 2 bridgehead atoms. The Kier molecular flexibility index (Phi) is 4.28. The molecule has 0 aromatic heterocycles. The summed E-state index contributed by atoms with van der Waals surface area (Å²) in [5.41, 5.74) is -0.453. The maximum absolute atomic E-state index is 13.8. The van der Waals surface area contributed by atoms with Gasteiger partial charge in [0.05, 0.1) is 30.2 Å². The highest BCUT2D eigenvalue weighted by atomic mass is 35.5. The Labute approximate surface area is 155 Å². The third-order valence-electron chi connectivity index (χ3n) is 5.33. The average Bonchev–Trinajstić information content (AvgIpc) is 3.26. The number of rotatable bonds is 5. The Morgan fingerprint density at radius 2 is 2.31 bits per heavy atom. The molecule has 1 spiro atoms. The van der Waals surface area contributed by atoms with Crippen molar-refractivity contribution in [3.8, 4) is 0 Å². The molecule has 0 saturated carbocycles. The normalized spacial score (nSPS) is 31.6. The summed E-state index contributed by atoms with van der Waals surface area (Å²) in [5.74, 6) is -2.56. The zero-order valence-corrected chi connectivity index (χ0v) is 15.0. The van der Waals surface area contributed by atoms with Gasteiger partial charge in [-0.3, -0.25) is 9.59 Å². The molecule has 2 fully saturated rings. The van der Waals surface area contributed by atoms with Crippen LogP contribution in [0.25, 0.3) is 0 Å². The molecule has 0 unspecified atom stereocenters. The van der Waals surface area contributed by atoms with Gasteiger partial charge < -0.3 is 14.4 Å². The number of hydrogen-bond donors (Lipinski definition) is 0. The van der Waals surface area contributed by atoms with E-state index in [0.717, 1.165) is 12.8 Å². The van der Waals surface area contributed by atoms with Gasteiger partial charge in [0.15, 0.2) is 0 Å². The molecular formula is C19H19ClFNO4. The minimum Gasteiger partial charge on any atom is -0.465 e. The third-order valence-corrected chi connectivity index (χ3v) is 5.64. The van der Waals surface area contributed by atoms with Crippen molar-refractivity contribution in [2.75, 3.05) is 18.1 Å². The van der Waals surface area contributed by atoms with E-state index in [2.05, 4.69) is 0 Å². The van der Waals surface area contributed by atoms with E-state index in [1.807, 2.05) is 19.1 Å². The number of carbonyl (C=O) groups excluding carboxylic acids is 2. The lowest BCUT2D eigenvalue weighted by Gasteiger charge is -2.22. The zero-order chi connectivity index (χ0) is 18.5. The van der Waals surface area contributed by atoms with Crippen molar-refractivity contribution in [3.63, 3.8) is 0 Å². The number of unbranched alkanes of at least 4 members (excludes halogenated alkanes) is 1. The first-order valence-electron chi connectivity index (χ1n) is 8.77. The Balaban J connectivity index is 1.60. The van der Waals surface area contributed by atoms with Gasteiger partial charge in [0, 0.05) is 5.69 Å². The van der Waals surface area contributed by atoms with E-state index >= 15 is 0 Å². The highest BCUT2D eigenvalue weighted by molar-refractivity contribution is 6.30. The zero-order valence-electron chi connectivity index (χ0n) is 14.3. The summed E-state index contributed by atoms with van der Waals surface area (Å²) in [6, 6.07) is 4.23. The van der Waals surface area contributed by atoms with Crippen LogP contribution in [0, 0.1) is 17.7 Å². The number of nitrogens with zero attached hydrogens (tertiary/aromatic N) is 1. The van der Waals surface area contributed by atoms with Crippen LogP contribution >= 0.6 is 11.6 Å². The van der Waals surface area contributed by atoms with Crippen molar-refractivity contribution >= 4 is 29.2 Å². The van der Waals surface area contributed by atoms with E-state index < -0.39 is 35.3 Å². The summed E-state index contributed by atoms with van der Waals surface area (Å²) in [6.45, 7) is 2.58. The van der Waals surface area contributed by atoms with E-state index in [9.17, 15) is 14.0 Å². The fourth-order valence-corrected chi connectivity index (χ4v) is 4.17. The molecule has 5 nitrogen and oxygen atoms in total. The summed E-state index contributed by atoms with van der Waals surface area (Å²) in [6.07, 6.45) is 4.92. The molecule has 1 aromatic rings. The third kappa shape index (κ3) is 2.55. The van der Waals surface area contributed by atoms with Crippen LogP contribution in [0.15, 0.2) is 30.4 Å². The van der Waals surface area contributed by atoms with E-state index in [4.69, 9.17) is 21.1 Å². The highest BCUT2D eigenvalue weighted by Crippen LogP contribution is 2.53. The number of anilines is 1. The first kappa shape index (κ1) is 17.5. The second-order valence-electron chi connectivity index (χ2n) is 6.94. The van der Waals surface area contributed by atoms with Crippen molar-refractivity contribution in [1.82, 2.24) is 0 Å². The molecule has 26 heavy (non-hydrogen) atoms. The molecule has 138 valence electrons. The van der Waals surface area contributed by atoms with Gasteiger partial charge in [0.1, 0.15) is 17.3 Å². The summed E-state index contributed by atoms with van der Waals surface area (Å²) in [4.78, 5) is 27.1. The van der Waals surface area contributed by atoms with Gasteiger partial charge in [0.2, 0.25) is 5.91 Å².